The number of hydrogen-bond acceptors (Lipinski definition) is 2. The summed E-state index contributed by atoms with van der Waals surface area (Å²) in [6.07, 6.45) is 6.04. The van der Waals surface area contributed by atoms with Crippen LogP contribution in [0.15, 0.2) is 24.3 Å². The number of rotatable bonds is 5. The quantitative estimate of drug-likeness (QED) is 0.788. The topological polar surface area (TPSA) is 29.1 Å². The first kappa shape index (κ1) is 14.1. The Kier molecular flexibility index (Phi) is 5.00. The summed E-state index contributed by atoms with van der Waals surface area (Å²) >= 11 is 0. The summed E-state index contributed by atoms with van der Waals surface area (Å²) in [7, 11) is 0. The molecule has 2 rings (SSSR count). The van der Waals surface area contributed by atoms with Crippen molar-refractivity contribution in [3.63, 3.8) is 0 Å². The number of ketones is 1. The van der Waals surface area contributed by atoms with Crippen molar-refractivity contribution in [2.75, 3.05) is 11.9 Å². The molecule has 0 amide bonds. The first-order chi connectivity index (χ1) is 9.19. The second-order valence-corrected chi connectivity index (χ2v) is 5.87. The van der Waals surface area contributed by atoms with Crippen LogP contribution in [0, 0.1) is 11.8 Å². The lowest BCUT2D eigenvalue weighted by Gasteiger charge is -2.27. The van der Waals surface area contributed by atoms with E-state index in [1.54, 1.807) is 0 Å². The first-order valence-corrected chi connectivity index (χ1v) is 7.56. The molecule has 0 aromatic heterocycles. The summed E-state index contributed by atoms with van der Waals surface area (Å²) in [5.74, 6) is 1.90. The van der Waals surface area contributed by atoms with Gasteiger partial charge in [0, 0.05) is 24.2 Å². The van der Waals surface area contributed by atoms with Crippen LogP contribution in [0.2, 0.25) is 0 Å². The maximum absolute atomic E-state index is 11.5. The highest BCUT2D eigenvalue weighted by Crippen LogP contribution is 2.28. The van der Waals surface area contributed by atoms with Gasteiger partial charge in [0.05, 0.1) is 0 Å². The highest BCUT2D eigenvalue weighted by Gasteiger charge is 2.18. The second kappa shape index (κ2) is 6.74. The van der Waals surface area contributed by atoms with Crippen molar-refractivity contribution in [3.05, 3.63) is 29.8 Å². The molecule has 1 fully saturated rings. The number of Topliss-reactive ketones (excluding diaryl/α,β-unsaturated/α-hetero) is 1. The van der Waals surface area contributed by atoms with Crippen LogP contribution in [0.4, 0.5) is 5.69 Å². The van der Waals surface area contributed by atoms with E-state index in [-0.39, 0.29) is 5.78 Å². The van der Waals surface area contributed by atoms with Crippen LogP contribution < -0.4 is 5.32 Å². The van der Waals surface area contributed by atoms with Gasteiger partial charge in [0.1, 0.15) is 0 Å². The van der Waals surface area contributed by atoms with E-state index in [2.05, 4.69) is 12.2 Å². The molecule has 0 radical (unpaired) electrons. The third kappa shape index (κ3) is 4.09. The Balaban J connectivity index is 1.84. The summed E-state index contributed by atoms with van der Waals surface area (Å²) in [6, 6.07) is 7.90. The van der Waals surface area contributed by atoms with Gasteiger partial charge >= 0.3 is 0 Å². The zero-order valence-electron chi connectivity index (χ0n) is 12.1. The summed E-state index contributed by atoms with van der Waals surface area (Å²) < 4.78 is 0. The molecule has 1 aliphatic carbocycles. The van der Waals surface area contributed by atoms with E-state index in [4.69, 9.17) is 0 Å². The van der Waals surface area contributed by atoms with E-state index in [1.165, 1.54) is 25.7 Å². The molecule has 1 aromatic rings. The van der Waals surface area contributed by atoms with Crippen molar-refractivity contribution in [1.82, 2.24) is 0 Å². The van der Waals surface area contributed by atoms with Gasteiger partial charge in [-0.25, -0.2) is 0 Å². The smallest absolute Gasteiger partial charge is 0.162 e. The molecule has 2 atom stereocenters. The Hall–Kier alpha value is -1.31. The molecule has 1 N–H and O–H groups in total. The molecule has 1 aliphatic rings. The predicted octanol–water partition coefficient (Wildman–Crippen LogP) is 4.52. The minimum absolute atomic E-state index is 0.215. The fourth-order valence-corrected chi connectivity index (χ4v) is 2.99. The second-order valence-electron chi connectivity index (χ2n) is 5.87. The zero-order chi connectivity index (χ0) is 13.7. The molecule has 2 nitrogen and oxygen atoms in total. The molecular weight excluding hydrogens is 234 g/mol. The molecule has 2 heteroatoms. The highest BCUT2D eigenvalue weighted by atomic mass is 16.1. The SMILES string of the molecule is CCC(=O)c1ccc(NCC2CCCC(C)C2)cc1. The molecule has 19 heavy (non-hydrogen) atoms. The van der Waals surface area contributed by atoms with Gasteiger partial charge < -0.3 is 5.32 Å². The lowest BCUT2D eigenvalue weighted by atomic mass is 9.82. The lowest BCUT2D eigenvalue weighted by Crippen LogP contribution is -2.20. The van der Waals surface area contributed by atoms with Gasteiger partial charge in [-0.3, -0.25) is 4.79 Å². The minimum Gasteiger partial charge on any atom is -0.385 e. The number of hydrogen-bond donors (Lipinski definition) is 1. The Morgan fingerprint density at radius 1 is 1.26 bits per heavy atom. The molecule has 0 aliphatic heterocycles. The number of carbonyl (C=O) groups is 1. The van der Waals surface area contributed by atoms with Gasteiger partial charge in [-0.1, -0.05) is 26.7 Å². The average molecular weight is 259 g/mol. The van der Waals surface area contributed by atoms with Crippen LogP contribution in [0.25, 0.3) is 0 Å². The summed E-state index contributed by atoms with van der Waals surface area (Å²) in [6.45, 7) is 5.32. The summed E-state index contributed by atoms with van der Waals surface area (Å²) in [5, 5.41) is 3.51. The molecule has 0 bridgehead atoms. The Labute approximate surface area is 116 Å². The zero-order valence-corrected chi connectivity index (χ0v) is 12.1. The largest absolute Gasteiger partial charge is 0.385 e. The summed E-state index contributed by atoms with van der Waals surface area (Å²) in [5.41, 5.74) is 1.95. The van der Waals surface area contributed by atoms with Gasteiger partial charge in [-0.2, -0.15) is 0 Å². The van der Waals surface area contributed by atoms with Crippen molar-refractivity contribution >= 4 is 11.5 Å². The molecule has 1 aromatic carbocycles. The number of benzene rings is 1. The monoisotopic (exact) mass is 259 g/mol. The van der Waals surface area contributed by atoms with E-state index in [0.717, 1.165) is 29.6 Å². The van der Waals surface area contributed by atoms with Crippen molar-refractivity contribution in [2.45, 2.75) is 46.0 Å². The van der Waals surface area contributed by atoms with Crippen LogP contribution in [-0.2, 0) is 0 Å². The predicted molar refractivity (Wildman–Crippen MR) is 80.7 cm³/mol. The molecule has 0 saturated heterocycles. The Morgan fingerprint density at radius 2 is 2.00 bits per heavy atom. The maximum atomic E-state index is 11.5. The van der Waals surface area contributed by atoms with E-state index in [9.17, 15) is 4.79 Å². The van der Waals surface area contributed by atoms with Crippen molar-refractivity contribution in [1.29, 1.82) is 0 Å². The minimum atomic E-state index is 0.215. The fraction of sp³-hybridized carbons (Fsp3) is 0.588. The van der Waals surface area contributed by atoms with E-state index in [0.29, 0.717) is 6.42 Å². The lowest BCUT2D eigenvalue weighted by molar-refractivity contribution is 0.0988. The third-order valence-corrected chi connectivity index (χ3v) is 4.17. The molecular formula is C17H25NO. The average Bonchev–Trinajstić information content (AvgIpc) is 2.45. The molecule has 104 valence electrons. The van der Waals surface area contributed by atoms with Gasteiger partial charge in [-0.05, 0) is 48.9 Å². The number of nitrogens with one attached hydrogen (secondary N) is 1. The van der Waals surface area contributed by atoms with Crippen molar-refractivity contribution < 1.29 is 4.79 Å². The van der Waals surface area contributed by atoms with Crippen LogP contribution in [0.1, 0.15) is 56.3 Å². The number of anilines is 1. The maximum Gasteiger partial charge on any atom is 0.162 e. The van der Waals surface area contributed by atoms with Crippen LogP contribution in [-0.4, -0.2) is 12.3 Å². The summed E-state index contributed by atoms with van der Waals surface area (Å²) in [4.78, 5) is 11.5. The van der Waals surface area contributed by atoms with E-state index in [1.807, 2.05) is 31.2 Å². The van der Waals surface area contributed by atoms with Gasteiger partial charge in [-0.15, -0.1) is 0 Å². The third-order valence-electron chi connectivity index (χ3n) is 4.17. The highest BCUT2D eigenvalue weighted by molar-refractivity contribution is 5.96. The molecule has 1 saturated carbocycles. The first-order valence-electron chi connectivity index (χ1n) is 7.56. The van der Waals surface area contributed by atoms with Gasteiger partial charge in [0.15, 0.2) is 5.78 Å². The Bertz CT molecular complexity index is 410. The normalized spacial score (nSPS) is 23.1. The van der Waals surface area contributed by atoms with E-state index < -0.39 is 0 Å². The molecule has 0 spiro atoms. The molecule has 0 heterocycles. The van der Waals surface area contributed by atoms with Crippen LogP contribution >= 0.6 is 0 Å². The standard InChI is InChI=1S/C17H25NO/c1-3-17(19)15-7-9-16(10-8-15)18-12-14-6-4-5-13(2)11-14/h7-10,13-14,18H,3-6,11-12H2,1-2H3. The van der Waals surface area contributed by atoms with Crippen molar-refractivity contribution in [3.8, 4) is 0 Å². The van der Waals surface area contributed by atoms with Crippen molar-refractivity contribution in [2.24, 2.45) is 11.8 Å². The Morgan fingerprint density at radius 3 is 2.63 bits per heavy atom. The van der Waals surface area contributed by atoms with Crippen LogP contribution in [0.5, 0.6) is 0 Å². The number of carbonyl (C=O) groups excluding carboxylic acids is 1. The fourth-order valence-electron chi connectivity index (χ4n) is 2.99. The van der Waals surface area contributed by atoms with Gasteiger partial charge in [0.25, 0.3) is 0 Å². The molecule has 2 unspecified atom stereocenters. The van der Waals surface area contributed by atoms with E-state index >= 15 is 0 Å². The van der Waals surface area contributed by atoms with Crippen LogP contribution in [0.3, 0.4) is 0 Å². The van der Waals surface area contributed by atoms with Gasteiger partial charge in [0.2, 0.25) is 0 Å².